The van der Waals surface area contributed by atoms with Gasteiger partial charge in [-0.15, -0.1) is 11.8 Å². The van der Waals surface area contributed by atoms with E-state index in [9.17, 15) is 0 Å². The summed E-state index contributed by atoms with van der Waals surface area (Å²) >= 11 is 1.61. The average Bonchev–Trinajstić information content (AvgIpc) is 2.47. The Morgan fingerprint density at radius 1 is 1.33 bits per heavy atom. The summed E-state index contributed by atoms with van der Waals surface area (Å²) in [6.45, 7) is 0. The van der Waals surface area contributed by atoms with Crippen LogP contribution in [0.5, 0.6) is 0 Å². The summed E-state index contributed by atoms with van der Waals surface area (Å²) < 4.78 is 0. The van der Waals surface area contributed by atoms with Gasteiger partial charge in [0.25, 0.3) is 0 Å². The average molecular weight is 181 g/mol. The van der Waals surface area contributed by atoms with Crippen LogP contribution < -0.4 is 4.81 Å². The molecule has 1 aliphatic rings. The topological polar surface area (TPSA) is 43.7 Å². The Labute approximate surface area is 75.2 Å². The van der Waals surface area contributed by atoms with Crippen LogP contribution in [0.4, 0.5) is 5.69 Å². The third kappa shape index (κ3) is 1.20. The second kappa shape index (κ2) is 3.01. The molecule has 0 aromatic heterocycles. The van der Waals surface area contributed by atoms with Crippen molar-refractivity contribution in [2.75, 3.05) is 10.7 Å². The van der Waals surface area contributed by atoms with Crippen LogP contribution in [0.15, 0.2) is 29.2 Å². The number of hydrogen-bond donors (Lipinski definition) is 2. The Bertz CT molecular complexity index is 294. The number of rotatable bonds is 1. The van der Waals surface area contributed by atoms with Crippen molar-refractivity contribution < 1.29 is 10.0 Å². The van der Waals surface area contributed by atoms with Crippen LogP contribution >= 0.6 is 11.8 Å². The molecule has 0 aliphatic carbocycles. The molecule has 0 saturated heterocycles. The van der Waals surface area contributed by atoms with Crippen molar-refractivity contribution in [1.29, 1.82) is 0 Å². The van der Waals surface area contributed by atoms with Gasteiger partial charge in [-0.2, -0.15) is 0 Å². The van der Waals surface area contributed by atoms with Crippen molar-refractivity contribution in [3.05, 3.63) is 24.3 Å². The maximum Gasteiger partial charge on any atom is 0.588 e. The van der Waals surface area contributed by atoms with E-state index in [1.165, 1.54) is 0 Å². The Kier molecular flexibility index (Phi) is 2.00. The molecule has 0 spiro atoms. The number of hydrogen-bond acceptors (Lipinski definition) is 4. The van der Waals surface area contributed by atoms with Crippen LogP contribution in [0.25, 0.3) is 0 Å². The first-order valence-electron chi connectivity index (χ1n) is 3.63. The maximum atomic E-state index is 8.97. The minimum Gasteiger partial charge on any atom is -0.408 e. The number of thioether (sulfide) groups is 1. The fourth-order valence-corrected chi connectivity index (χ4v) is 2.27. The van der Waals surface area contributed by atoms with Crippen molar-refractivity contribution in [2.45, 2.75) is 4.90 Å². The molecule has 0 atom stereocenters. The predicted octanol–water partition coefficient (Wildman–Crippen LogP) is 0.526. The molecule has 0 saturated carbocycles. The monoisotopic (exact) mass is 181 g/mol. The third-order valence-corrected chi connectivity index (χ3v) is 2.88. The highest BCUT2D eigenvalue weighted by molar-refractivity contribution is 8.00. The molecular weight excluding hydrogens is 173 g/mol. The van der Waals surface area contributed by atoms with E-state index >= 15 is 0 Å². The lowest BCUT2D eigenvalue weighted by molar-refractivity contribution is 0.404. The molecule has 2 N–H and O–H groups in total. The number of fused-ring (bicyclic) bond motifs is 1. The van der Waals surface area contributed by atoms with Gasteiger partial charge in [0.15, 0.2) is 0 Å². The summed E-state index contributed by atoms with van der Waals surface area (Å²) in [5.41, 5.74) is 0.900. The minimum absolute atomic E-state index is 0.608. The summed E-state index contributed by atoms with van der Waals surface area (Å²) in [4.78, 5) is 2.64. The molecule has 0 bridgehead atoms. The first-order valence-corrected chi connectivity index (χ1v) is 4.62. The van der Waals surface area contributed by atoms with Gasteiger partial charge in [-0.1, -0.05) is 12.1 Å². The molecule has 5 heteroatoms. The van der Waals surface area contributed by atoms with E-state index in [1.54, 1.807) is 16.6 Å². The predicted molar refractivity (Wildman–Crippen MR) is 49.8 cm³/mol. The Hall–Kier alpha value is -0.645. The van der Waals surface area contributed by atoms with Gasteiger partial charge in [0.05, 0.1) is 5.88 Å². The molecule has 2 rings (SSSR count). The van der Waals surface area contributed by atoms with Crippen LogP contribution in [-0.2, 0) is 0 Å². The largest absolute Gasteiger partial charge is 0.588 e. The molecule has 0 radical (unpaired) electrons. The standard InChI is InChI=1S/C7H8BNO2S/c10-8(11)9-5-12-7-4-2-1-3-6(7)9/h1-4,10-11H,5H2. The Morgan fingerprint density at radius 2 is 2.08 bits per heavy atom. The number of para-hydroxylation sites is 1. The first kappa shape index (κ1) is 7.98. The zero-order chi connectivity index (χ0) is 8.55. The fraction of sp³-hybridized carbons (Fsp3) is 0.143. The van der Waals surface area contributed by atoms with E-state index in [0.29, 0.717) is 5.88 Å². The van der Waals surface area contributed by atoms with Crippen molar-refractivity contribution >= 4 is 24.7 Å². The van der Waals surface area contributed by atoms with E-state index < -0.39 is 7.25 Å². The lowest BCUT2D eigenvalue weighted by Crippen LogP contribution is -2.37. The molecule has 1 aromatic rings. The normalized spacial score (nSPS) is 14.7. The molecule has 1 aromatic carbocycles. The zero-order valence-corrected chi connectivity index (χ0v) is 7.16. The third-order valence-electron chi connectivity index (χ3n) is 1.81. The Balaban J connectivity index is 2.36. The molecule has 62 valence electrons. The molecule has 0 unspecified atom stereocenters. The lowest BCUT2D eigenvalue weighted by Gasteiger charge is -2.15. The van der Waals surface area contributed by atoms with Crippen molar-refractivity contribution in [2.24, 2.45) is 0 Å². The van der Waals surface area contributed by atoms with Gasteiger partial charge >= 0.3 is 7.25 Å². The van der Waals surface area contributed by atoms with Gasteiger partial charge in [0.2, 0.25) is 0 Å². The molecule has 3 nitrogen and oxygen atoms in total. The highest BCUT2D eigenvalue weighted by atomic mass is 32.2. The van der Waals surface area contributed by atoms with Crippen LogP contribution in [0, 0.1) is 0 Å². The fourth-order valence-electron chi connectivity index (χ4n) is 1.22. The quantitative estimate of drug-likeness (QED) is 0.620. The van der Waals surface area contributed by atoms with Crippen LogP contribution in [0.3, 0.4) is 0 Å². The number of benzene rings is 1. The molecule has 1 aliphatic heterocycles. The summed E-state index contributed by atoms with van der Waals surface area (Å²) in [6, 6.07) is 7.69. The van der Waals surface area contributed by atoms with Gasteiger partial charge in [-0.05, 0) is 12.1 Å². The van der Waals surface area contributed by atoms with Crippen LogP contribution in [0.1, 0.15) is 0 Å². The second-order valence-electron chi connectivity index (χ2n) is 2.56. The van der Waals surface area contributed by atoms with E-state index in [4.69, 9.17) is 10.0 Å². The number of anilines is 1. The summed E-state index contributed by atoms with van der Waals surface area (Å²) in [5.74, 6) is 0.608. The molecule has 1 heterocycles. The molecular formula is C7H8BNO2S. The van der Waals surface area contributed by atoms with Crippen molar-refractivity contribution in [3.8, 4) is 0 Å². The van der Waals surface area contributed by atoms with E-state index in [-0.39, 0.29) is 0 Å². The Morgan fingerprint density at radius 3 is 2.83 bits per heavy atom. The van der Waals surface area contributed by atoms with Crippen molar-refractivity contribution in [3.63, 3.8) is 0 Å². The second-order valence-corrected chi connectivity index (χ2v) is 3.54. The van der Waals surface area contributed by atoms with Gasteiger partial charge < -0.3 is 14.9 Å². The highest BCUT2D eigenvalue weighted by Gasteiger charge is 2.27. The van der Waals surface area contributed by atoms with Gasteiger partial charge in [0.1, 0.15) is 0 Å². The number of nitrogens with zero attached hydrogens (tertiary/aromatic N) is 1. The molecule has 0 fully saturated rings. The summed E-state index contributed by atoms with van der Waals surface area (Å²) in [5, 5.41) is 17.9. The summed E-state index contributed by atoms with van der Waals surface area (Å²) in [6.07, 6.45) is 0. The highest BCUT2D eigenvalue weighted by Crippen LogP contribution is 2.37. The van der Waals surface area contributed by atoms with E-state index in [1.807, 2.05) is 24.3 Å². The SMILES string of the molecule is OB(O)N1CSc2ccccc21. The smallest absolute Gasteiger partial charge is 0.408 e. The first-order chi connectivity index (χ1) is 5.79. The van der Waals surface area contributed by atoms with Crippen LogP contribution in [-0.4, -0.2) is 23.2 Å². The summed E-state index contributed by atoms with van der Waals surface area (Å²) in [7, 11) is -1.39. The van der Waals surface area contributed by atoms with E-state index in [2.05, 4.69) is 0 Å². The van der Waals surface area contributed by atoms with E-state index in [0.717, 1.165) is 10.6 Å². The molecule has 12 heavy (non-hydrogen) atoms. The molecule has 0 amide bonds. The minimum atomic E-state index is -1.39. The van der Waals surface area contributed by atoms with Crippen LogP contribution in [0.2, 0.25) is 0 Å². The van der Waals surface area contributed by atoms with Gasteiger partial charge in [-0.3, -0.25) is 0 Å². The maximum absolute atomic E-state index is 8.97. The lowest BCUT2D eigenvalue weighted by atomic mass is 10.1. The van der Waals surface area contributed by atoms with Gasteiger partial charge in [0, 0.05) is 10.6 Å². The van der Waals surface area contributed by atoms with Crippen molar-refractivity contribution in [1.82, 2.24) is 0 Å². The zero-order valence-electron chi connectivity index (χ0n) is 6.34. The van der Waals surface area contributed by atoms with Gasteiger partial charge in [-0.25, -0.2) is 0 Å².